The number of halogens is 1. The zero-order chi connectivity index (χ0) is 19.5. The van der Waals surface area contributed by atoms with Gasteiger partial charge in [-0.2, -0.15) is 0 Å². The number of carbonyl (C=O) groups excluding carboxylic acids is 1. The Balaban J connectivity index is 1.36. The average Bonchev–Trinajstić information content (AvgIpc) is 3.30. The number of aromatic nitrogens is 3. The van der Waals surface area contributed by atoms with E-state index in [2.05, 4.69) is 20.3 Å². The molecule has 1 amide bonds. The van der Waals surface area contributed by atoms with Crippen LogP contribution in [-0.2, 0) is 11.2 Å². The molecule has 9 heteroatoms. The summed E-state index contributed by atoms with van der Waals surface area (Å²) in [5, 5.41) is 4.84. The third kappa shape index (κ3) is 4.31. The van der Waals surface area contributed by atoms with Crippen molar-refractivity contribution in [1.29, 1.82) is 0 Å². The molecular formula is C19H17FN4O2S2. The van der Waals surface area contributed by atoms with Crippen molar-refractivity contribution in [3.63, 3.8) is 0 Å². The first-order valence-corrected chi connectivity index (χ1v) is 10.5. The zero-order valence-electron chi connectivity index (χ0n) is 15.0. The lowest BCUT2D eigenvalue weighted by atomic mass is 10.0. The number of aryl methyl sites for hydroxylation is 1. The number of ether oxygens (including phenoxy) is 1. The van der Waals surface area contributed by atoms with Crippen LogP contribution in [0.3, 0.4) is 0 Å². The molecule has 28 heavy (non-hydrogen) atoms. The Kier molecular flexibility index (Phi) is 5.54. The minimum Gasteiger partial charge on any atom is -0.487 e. The highest BCUT2D eigenvalue weighted by Gasteiger charge is 2.27. The third-order valence-electron chi connectivity index (χ3n) is 4.19. The van der Waals surface area contributed by atoms with E-state index in [-0.39, 0.29) is 17.8 Å². The van der Waals surface area contributed by atoms with Crippen molar-refractivity contribution >= 4 is 29.0 Å². The van der Waals surface area contributed by atoms with Crippen molar-refractivity contribution in [1.82, 2.24) is 20.3 Å². The molecule has 0 saturated carbocycles. The van der Waals surface area contributed by atoms with Gasteiger partial charge in [0.05, 0.1) is 12.3 Å². The largest absolute Gasteiger partial charge is 0.487 e. The Bertz CT molecular complexity index is 997. The predicted octanol–water partition coefficient (Wildman–Crippen LogP) is 3.26. The van der Waals surface area contributed by atoms with E-state index in [4.69, 9.17) is 4.74 Å². The molecule has 144 valence electrons. The number of nitrogens with zero attached hydrogens (tertiary/aromatic N) is 3. The minimum absolute atomic E-state index is 0.0831. The number of fused-ring (bicyclic) bond motifs is 1. The Labute approximate surface area is 169 Å². The van der Waals surface area contributed by atoms with Gasteiger partial charge in [0.25, 0.3) is 0 Å². The van der Waals surface area contributed by atoms with Crippen LogP contribution in [0.15, 0.2) is 40.6 Å². The number of amides is 1. The molecule has 6 nitrogen and oxygen atoms in total. The summed E-state index contributed by atoms with van der Waals surface area (Å²) < 4.78 is 20.9. The van der Waals surface area contributed by atoms with Gasteiger partial charge in [-0.1, -0.05) is 11.8 Å². The van der Waals surface area contributed by atoms with Crippen LogP contribution in [0.25, 0.3) is 11.1 Å². The van der Waals surface area contributed by atoms with Gasteiger partial charge in [0.15, 0.2) is 4.34 Å². The van der Waals surface area contributed by atoms with Crippen molar-refractivity contribution in [2.75, 3.05) is 12.3 Å². The van der Waals surface area contributed by atoms with Gasteiger partial charge in [-0.05, 0) is 19.1 Å². The second-order valence-corrected chi connectivity index (χ2v) is 8.44. The van der Waals surface area contributed by atoms with Crippen LogP contribution >= 0.6 is 23.1 Å². The van der Waals surface area contributed by atoms with Crippen LogP contribution in [0.4, 0.5) is 4.39 Å². The maximum atomic E-state index is 14.0. The van der Waals surface area contributed by atoms with E-state index in [0.29, 0.717) is 35.6 Å². The number of hydrogen-bond donors (Lipinski definition) is 1. The average molecular weight is 417 g/mol. The molecule has 3 heterocycles. The van der Waals surface area contributed by atoms with Crippen LogP contribution in [0, 0.1) is 12.7 Å². The molecule has 0 bridgehead atoms. The number of benzene rings is 1. The molecule has 4 rings (SSSR count). The zero-order valence-corrected chi connectivity index (χ0v) is 16.6. The summed E-state index contributed by atoms with van der Waals surface area (Å²) in [6.45, 7) is 2.28. The third-order valence-corrected chi connectivity index (χ3v) is 6.32. The van der Waals surface area contributed by atoms with Crippen molar-refractivity contribution in [3.8, 4) is 16.9 Å². The molecule has 2 aromatic heterocycles. The highest BCUT2D eigenvalue weighted by molar-refractivity contribution is 8.01. The Morgan fingerprint density at radius 2 is 2.21 bits per heavy atom. The number of rotatable bonds is 6. The Hall–Kier alpha value is -2.52. The molecule has 0 saturated heterocycles. The first-order chi connectivity index (χ1) is 13.6. The maximum absolute atomic E-state index is 14.0. The number of hydrogen-bond acceptors (Lipinski definition) is 7. The van der Waals surface area contributed by atoms with E-state index >= 15 is 0 Å². The second-order valence-electron chi connectivity index (χ2n) is 6.36. The van der Waals surface area contributed by atoms with Gasteiger partial charge in [-0.3, -0.25) is 4.79 Å². The lowest BCUT2D eigenvalue weighted by molar-refractivity contribution is -0.118. The van der Waals surface area contributed by atoms with Gasteiger partial charge in [0.1, 0.15) is 24.0 Å². The van der Waals surface area contributed by atoms with Crippen LogP contribution in [0.2, 0.25) is 0 Å². The maximum Gasteiger partial charge on any atom is 0.230 e. The molecule has 1 aliphatic rings. The summed E-state index contributed by atoms with van der Waals surface area (Å²) in [6, 6.07) is 2.90. The SMILES string of the molecule is Cc1csc(SCC(=O)NC[C@@H]2Cc3cc(F)cc(-c4cncnc4)c3O2)n1. The van der Waals surface area contributed by atoms with Crippen LogP contribution < -0.4 is 10.1 Å². The highest BCUT2D eigenvalue weighted by atomic mass is 32.2. The van der Waals surface area contributed by atoms with E-state index in [1.807, 2.05) is 12.3 Å². The predicted molar refractivity (Wildman–Crippen MR) is 106 cm³/mol. The molecule has 0 radical (unpaired) electrons. The molecule has 0 fully saturated rings. The molecule has 1 aromatic carbocycles. The summed E-state index contributed by atoms with van der Waals surface area (Å²) in [5.74, 6) is 0.512. The molecular weight excluding hydrogens is 399 g/mol. The summed E-state index contributed by atoms with van der Waals surface area (Å²) in [6.07, 6.45) is 4.97. The van der Waals surface area contributed by atoms with Crippen molar-refractivity contribution in [3.05, 3.63) is 53.3 Å². The smallest absolute Gasteiger partial charge is 0.230 e. The normalized spacial score (nSPS) is 15.1. The quantitative estimate of drug-likeness (QED) is 0.622. The van der Waals surface area contributed by atoms with Crippen LogP contribution in [-0.4, -0.2) is 39.3 Å². The molecule has 0 spiro atoms. The topological polar surface area (TPSA) is 77.0 Å². The van der Waals surface area contributed by atoms with Gasteiger partial charge < -0.3 is 10.1 Å². The first kappa shape index (κ1) is 18.8. The van der Waals surface area contributed by atoms with Gasteiger partial charge in [0, 0.05) is 46.6 Å². The van der Waals surface area contributed by atoms with E-state index in [9.17, 15) is 9.18 Å². The van der Waals surface area contributed by atoms with Gasteiger partial charge in [0.2, 0.25) is 5.91 Å². The van der Waals surface area contributed by atoms with Gasteiger partial charge in [-0.25, -0.2) is 19.3 Å². The number of thiazole rings is 1. The Morgan fingerprint density at radius 3 is 2.96 bits per heavy atom. The summed E-state index contributed by atoms with van der Waals surface area (Å²) in [7, 11) is 0. The summed E-state index contributed by atoms with van der Waals surface area (Å²) in [5.41, 5.74) is 3.06. The standard InChI is InChI=1S/C19H17FN4O2S2/c1-11-8-27-19(24-11)28-9-17(25)23-7-15-3-12-2-14(20)4-16(18(12)26-15)13-5-21-10-22-6-13/h2,4-6,8,10,15H,3,7,9H2,1H3,(H,23,25)/t15-/m0/s1. The van der Waals surface area contributed by atoms with E-state index in [1.54, 1.807) is 12.4 Å². The molecule has 0 aliphatic carbocycles. The first-order valence-electron chi connectivity index (χ1n) is 8.64. The summed E-state index contributed by atoms with van der Waals surface area (Å²) >= 11 is 2.94. The highest BCUT2D eigenvalue weighted by Crippen LogP contribution is 2.39. The van der Waals surface area contributed by atoms with Gasteiger partial charge in [-0.15, -0.1) is 11.3 Å². The molecule has 1 atom stereocenters. The second kappa shape index (κ2) is 8.24. The lowest BCUT2D eigenvalue weighted by Gasteiger charge is -2.13. The summed E-state index contributed by atoms with van der Waals surface area (Å²) in [4.78, 5) is 24.4. The fourth-order valence-electron chi connectivity index (χ4n) is 2.97. The van der Waals surface area contributed by atoms with Crippen molar-refractivity contribution < 1.29 is 13.9 Å². The van der Waals surface area contributed by atoms with Crippen molar-refractivity contribution in [2.24, 2.45) is 0 Å². The molecule has 3 aromatic rings. The van der Waals surface area contributed by atoms with Gasteiger partial charge >= 0.3 is 0 Å². The molecule has 1 N–H and O–H groups in total. The minimum atomic E-state index is -0.332. The number of thioether (sulfide) groups is 1. The van der Waals surface area contributed by atoms with E-state index < -0.39 is 0 Å². The van der Waals surface area contributed by atoms with E-state index in [0.717, 1.165) is 15.6 Å². The molecule has 1 aliphatic heterocycles. The fraction of sp³-hybridized carbons (Fsp3) is 0.263. The van der Waals surface area contributed by atoms with Crippen molar-refractivity contribution in [2.45, 2.75) is 23.8 Å². The van der Waals surface area contributed by atoms with Crippen LogP contribution in [0.1, 0.15) is 11.3 Å². The monoisotopic (exact) mass is 416 g/mol. The fourth-order valence-corrected chi connectivity index (χ4v) is 4.64. The van der Waals surface area contributed by atoms with Crippen LogP contribution in [0.5, 0.6) is 5.75 Å². The van der Waals surface area contributed by atoms with E-state index in [1.165, 1.54) is 41.6 Å². The Morgan fingerprint density at radius 1 is 1.39 bits per heavy atom. The number of nitrogens with one attached hydrogen (secondary N) is 1. The molecule has 0 unspecified atom stereocenters. The lowest BCUT2D eigenvalue weighted by Crippen LogP contribution is -2.35. The number of carbonyl (C=O) groups is 1.